The van der Waals surface area contributed by atoms with E-state index in [0.717, 1.165) is 6.08 Å². The van der Waals surface area contributed by atoms with Crippen molar-refractivity contribution in [3.05, 3.63) is 82.1 Å². The Kier molecular flexibility index (Phi) is 5.64. The lowest BCUT2D eigenvalue weighted by Crippen LogP contribution is -2.30. The number of aromatic nitrogens is 1. The summed E-state index contributed by atoms with van der Waals surface area (Å²) in [5.41, 5.74) is -0.476. The van der Waals surface area contributed by atoms with Gasteiger partial charge in [-0.05, 0) is 18.9 Å². The predicted octanol–water partition coefficient (Wildman–Crippen LogP) is 3.22. The number of carbonyl (C=O) groups excluding carboxylic acids is 1. The molecule has 5 nitrogen and oxygen atoms in total. The van der Waals surface area contributed by atoms with Crippen LogP contribution in [0.5, 0.6) is 0 Å². The standard InChI is InChI=1S/C19H18FNO4/c1-3-12(14(20)4-2)7-6-10-21-11-13(19(24)25)18(23)17-15(21)8-5-9-16(17)22/h3-4,6-7,11H,1-2,5,8-10H2,(H,24,25)/b7-6+,14-12-. The topological polar surface area (TPSA) is 76.4 Å². The molecular formula is C19H18FNO4. The van der Waals surface area contributed by atoms with Crippen LogP contribution < -0.4 is 5.43 Å². The first-order chi connectivity index (χ1) is 11.9. The highest BCUT2D eigenvalue weighted by molar-refractivity contribution is 6.00. The molecular weight excluding hydrogens is 325 g/mol. The average molecular weight is 343 g/mol. The van der Waals surface area contributed by atoms with Crippen LogP contribution in [0.2, 0.25) is 0 Å². The van der Waals surface area contributed by atoms with Gasteiger partial charge in [-0.2, -0.15) is 0 Å². The fourth-order valence-electron chi connectivity index (χ4n) is 2.77. The highest BCUT2D eigenvalue weighted by Crippen LogP contribution is 2.20. The predicted molar refractivity (Wildman–Crippen MR) is 92.6 cm³/mol. The van der Waals surface area contributed by atoms with Crippen LogP contribution in [0.15, 0.2) is 59.9 Å². The van der Waals surface area contributed by atoms with Crippen molar-refractivity contribution < 1.29 is 19.1 Å². The van der Waals surface area contributed by atoms with Gasteiger partial charge in [0.2, 0.25) is 5.43 Å². The maximum atomic E-state index is 13.5. The molecule has 1 aliphatic rings. The molecule has 0 fully saturated rings. The van der Waals surface area contributed by atoms with E-state index in [1.807, 2.05) is 0 Å². The Morgan fingerprint density at radius 1 is 1.28 bits per heavy atom. The number of hydrogen-bond donors (Lipinski definition) is 1. The number of carbonyl (C=O) groups is 2. The molecule has 0 saturated carbocycles. The lowest BCUT2D eigenvalue weighted by molar-refractivity contribution is 0.0694. The summed E-state index contributed by atoms with van der Waals surface area (Å²) in [6.45, 7) is 7.05. The highest BCUT2D eigenvalue weighted by Gasteiger charge is 2.26. The minimum absolute atomic E-state index is 0.0451. The molecule has 0 atom stereocenters. The van der Waals surface area contributed by atoms with Crippen LogP contribution in [0.3, 0.4) is 0 Å². The molecule has 1 heterocycles. The Hall–Kier alpha value is -3.02. The third-order valence-electron chi connectivity index (χ3n) is 3.99. The van der Waals surface area contributed by atoms with Gasteiger partial charge in [0.15, 0.2) is 5.78 Å². The quantitative estimate of drug-likeness (QED) is 0.805. The van der Waals surface area contributed by atoms with E-state index >= 15 is 0 Å². The summed E-state index contributed by atoms with van der Waals surface area (Å²) in [4.78, 5) is 35.6. The number of Topliss-reactive ketones (excluding diaryl/α,β-unsaturated/α-hetero) is 1. The fourth-order valence-corrected chi connectivity index (χ4v) is 2.77. The van der Waals surface area contributed by atoms with Crippen LogP contribution in [-0.4, -0.2) is 21.4 Å². The van der Waals surface area contributed by atoms with Crippen molar-refractivity contribution in [2.45, 2.75) is 25.8 Å². The van der Waals surface area contributed by atoms with Gasteiger partial charge in [0.1, 0.15) is 11.4 Å². The van der Waals surface area contributed by atoms with Crippen molar-refractivity contribution in [2.24, 2.45) is 0 Å². The first-order valence-corrected chi connectivity index (χ1v) is 7.74. The zero-order valence-corrected chi connectivity index (χ0v) is 13.6. The van der Waals surface area contributed by atoms with Gasteiger partial charge in [-0.1, -0.05) is 31.4 Å². The molecule has 0 aliphatic heterocycles. The number of pyridine rings is 1. The Balaban J connectivity index is 2.50. The fraction of sp³-hybridized carbons (Fsp3) is 0.211. The Labute approximate surface area is 144 Å². The Bertz CT molecular complexity index is 874. The monoisotopic (exact) mass is 343 g/mol. The minimum Gasteiger partial charge on any atom is -0.477 e. The molecule has 1 aromatic heterocycles. The van der Waals surface area contributed by atoms with E-state index in [4.69, 9.17) is 0 Å². The van der Waals surface area contributed by atoms with Gasteiger partial charge in [-0.25, -0.2) is 9.18 Å². The average Bonchev–Trinajstić information content (AvgIpc) is 2.59. The van der Waals surface area contributed by atoms with E-state index in [1.165, 1.54) is 18.3 Å². The van der Waals surface area contributed by atoms with Crippen molar-refractivity contribution in [2.75, 3.05) is 0 Å². The maximum Gasteiger partial charge on any atom is 0.341 e. The second kappa shape index (κ2) is 7.70. The Morgan fingerprint density at radius 3 is 2.60 bits per heavy atom. The van der Waals surface area contributed by atoms with Crippen LogP contribution in [-0.2, 0) is 13.0 Å². The Morgan fingerprint density at radius 2 is 2.00 bits per heavy atom. The maximum absolute atomic E-state index is 13.5. The van der Waals surface area contributed by atoms with Gasteiger partial charge in [0, 0.05) is 30.4 Å². The zero-order chi connectivity index (χ0) is 18.6. The van der Waals surface area contributed by atoms with Gasteiger partial charge < -0.3 is 9.67 Å². The molecule has 0 saturated heterocycles. The number of rotatable bonds is 6. The van der Waals surface area contributed by atoms with Crippen molar-refractivity contribution in [3.63, 3.8) is 0 Å². The summed E-state index contributed by atoms with van der Waals surface area (Å²) in [5.74, 6) is -2.25. The van der Waals surface area contributed by atoms with E-state index < -0.39 is 22.8 Å². The zero-order valence-electron chi connectivity index (χ0n) is 13.6. The second-order valence-electron chi connectivity index (χ2n) is 5.54. The van der Waals surface area contributed by atoms with Gasteiger partial charge in [-0.3, -0.25) is 9.59 Å². The van der Waals surface area contributed by atoms with E-state index in [9.17, 15) is 23.9 Å². The van der Waals surface area contributed by atoms with Gasteiger partial charge >= 0.3 is 5.97 Å². The largest absolute Gasteiger partial charge is 0.477 e. The molecule has 1 aromatic rings. The van der Waals surface area contributed by atoms with Crippen LogP contribution >= 0.6 is 0 Å². The molecule has 0 amide bonds. The van der Waals surface area contributed by atoms with E-state index in [1.54, 1.807) is 10.6 Å². The molecule has 6 heteroatoms. The molecule has 0 unspecified atom stereocenters. The molecule has 0 radical (unpaired) electrons. The molecule has 130 valence electrons. The summed E-state index contributed by atoms with van der Waals surface area (Å²) in [7, 11) is 0. The van der Waals surface area contributed by atoms with Gasteiger partial charge in [0.05, 0.1) is 5.56 Å². The number of carboxylic acid groups (broad SMARTS) is 1. The van der Waals surface area contributed by atoms with Crippen molar-refractivity contribution >= 4 is 11.8 Å². The summed E-state index contributed by atoms with van der Waals surface area (Å²) in [5, 5.41) is 9.21. The summed E-state index contributed by atoms with van der Waals surface area (Å²) in [6.07, 6.45) is 8.06. The smallest absolute Gasteiger partial charge is 0.341 e. The normalized spacial score (nSPS) is 14.8. The van der Waals surface area contributed by atoms with Crippen LogP contribution in [0.25, 0.3) is 0 Å². The third-order valence-corrected chi connectivity index (χ3v) is 3.99. The van der Waals surface area contributed by atoms with Crippen LogP contribution in [0.1, 0.15) is 39.3 Å². The first-order valence-electron chi connectivity index (χ1n) is 7.74. The lowest BCUT2D eigenvalue weighted by Gasteiger charge is -2.20. The van der Waals surface area contributed by atoms with Crippen molar-refractivity contribution in [1.29, 1.82) is 0 Å². The number of halogens is 1. The molecule has 1 N–H and O–H groups in total. The number of hydrogen-bond acceptors (Lipinski definition) is 3. The number of nitrogens with zero attached hydrogens (tertiary/aromatic N) is 1. The molecule has 0 spiro atoms. The third kappa shape index (κ3) is 3.74. The lowest BCUT2D eigenvalue weighted by atomic mass is 9.92. The summed E-state index contributed by atoms with van der Waals surface area (Å²) >= 11 is 0. The van der Waals surface area contributed by atoms with Gasteiger partial charge in [-0.15, -0.1) is 0 Å². The summed E-state index contributed by atoms with van der Waals surface area (Å²) < 4.78 is 15.1. The van der Waals surface area contributed by atoms with Crippen molar-refractivity contribution in [1.82, 2.24) is 4.57 Å². The summed E-state index contributed by atoms with van der Waals surface area (Å²) in [6, 6.07) is 0. The number of fused-ring (bicyclic) bond motifs is 1. The molecule has 2 rings (SSSR count). The van der Waals surface area contributed by atoms with Crippen molar-refractivity contribution in [3.8, 4) is 0 Å². The van der Waals surface area contributed by atoms with Crippen LogP contribution in [0, 0.1) is 0 Å². The molecule has 25 heavy (non-hydrogen) atoms. The molecule has 0 bridgehead atoms. The molecule has 1 aliphatic carbocycles. The van der Waals surface area contributed by atoms with Gasteiger partial charge in [0.25, 0.3) is 0 Å². The first kappa shape index (κ1) is 18.3. The van der Waals surface area contributed by atoms with E-state index in [-0.39, 0.29) is 29.9 Å². The highest BCUT2D eigenvalue weighted by atomic mass is 19.1. The number of aromatic carboxylic acids is 1. The number of allylic oxidation sites excluding steroid dienone is 6. The van der Waals surface area contributed by atoms with Crippen LogP contribution in [0.4, 0.5) is 4.39 Å². The van der Waals surface area contributed by atoms with E-state index in [2.05, 4.69) is 13.2 Å². The number of carboxylic acids is 1. The molecule has 0 aromatic carbocycles. The minimum atomic E-state index is -1.38. The number of ketones is 1. The van der Waals surface area contributed by atoms with E-state index in [0.29, 0.717) is 18.5 Å². The second-order valence-corrected chi connectivity index (χ2v) is 5.54. The SMILES string of the molecule is C=C/C(F)=C(C=C)/C=C/Cn1cc(C(=O)O)c(=O)c2c1CCCC2=O.